The van der Waals surface area contributed by atoms with Crippen LogP contribution >= 0.6 is 0 Å². The number of esters is 1. The molecule has 0 aromatic heterocycles. The van der Waals surface area contributed by atoms with E-state index in [1.165, 1.54) is 18.2 Å². The number of hydrogen-bond acceptors (Lipinski definition) is 2. The highest BCUT2D eigenvalue weighted by atomic mass is 16.5. The van der Waals surface area contributed by atoms with E-state index in [0.29, 0.717) is 5.92 Å². The summed E-state index contributed by atoms with van der Waals surface area (Å²) >= 11 is 0. The molecule has 0 aliphatic heterocycles. The Bertz CT molecular complexity index is 357. The van der Waals surface area contributed by atoms with Crippen molar-refractivity contribution in [2.75, 3.05) is 7.11 Å². The van der Waals surface area contributed by atoms with Gasteiger partial charge in [0.1, 0.15) is 0 Å². The molecule has 1 aromatic rings. The number of aryl methyl sites for hydroxylation is 1. The fourth-order valence-electron chi connectivity index (χ4n) is 1.88. The molecule has 0 spiro atoms. The molecule has 2 nitrogen and oxygen atoms in total. The van der Waals surface area contributed by atoms with Gasteiger partial charge in [-0.05, 0) is 24.8 Å². The average molecular weight is 190 g/mol. The van der Waals surface area contributed by atoms with Crippen molar-refractivity contribution in [3.05, 3.63) is 35.4 Å². The summed E-state index contributed by atoms with van der Waals surface area (Å²) < 4.78 is 4.72. The van der Waals surface area contributed by atoms with Crippen LogP contribution in [0.5, 0.6) is 0 Å². The van der Waals surface area contributed by atoms with Crippen LogP contribution in [0.2, 0.25) is 0 Å². The van der Waals surface area contributed by atoms with E-state index in [1.54, 1.807) is 0 Å². The Hall–Kier alpha value is -1.31. The molecular weight excluding hydrogens is 176 g/mol. The van der Waals surface area contributed by atoms with Gasteiger partial charge >= 0.3 is 5.97 Å². The highest BCUT2D eigenvalue weighted by molar-refractivity contribution is 5.77. The molecule has 74 valence electrons. The van der Waals surface area contributed by atoms with Crippen molar-refractivity contribution < 1.29 is 9.53 Å². The quantitative estimate of drug-likeness (QED) is 0.669. The maximum Gasteiger partial charge on any atom is 0.309 e. The van der Waals surface area contributed by atoms with Crippen LogP contribution in [0.4, 0.5) is 0 Å². The zero-order valence-corrected chi connectivity index (χ0v) is 8.49. The molecule has 0 amide bonds. The molecule has 0 heterocycles. The molecule has 1 aliphatic rings. The Morgan fingerprint density at radius 2 is 2.29 bits per heavy atom. The number of carbonyl (C=O) groups excluding carboxylic acids is 1. The molecule has 1 fully saturated rings. The molecule has 14 heavy (non-hydrogen) atoms. The predicted octanol–water partition coefficient (Wildman–Crippen LogP) is 2.27. The summed E-state index contributed by atoms with van der Waals surface area (Å²) in [6, 6.07) is 8.34. The van der Waals surface area contributed by atoms with E-state index in [1.807, 2.05) is 6.07 Å². The molecule has 1 aliphatic carbocycles. The van der Waals surface area contributed by atoms with Crippen LogP contribution in [-0.4, -0.2) is 13.1 Å². The van der Waals surface area contributed by atoms with Gasteiger partial charge in [-0.2, -0.15) is 0 Å². The normalized spacial score (nSPS) is 24.4. The van der Waals surface area contributed by atoms with Gasteiger partial charge in [-0.15, -0.1) is 0 Å². The minimum atomic E-state index is -0.0727. The average Bonchev–Trinajstić information content (AvgIpc) is 2.96. The first-order chi connectivity index (χ1) is 6.72. The smallest absolute Gasteiger partial charge is 0.309 e. The largest absolute Gasteiger partial charge is 0.469 e. The lowest BCUT2D eigenvalue weighted by molar-refractivity contribution is -0.142. The first kappa shape index (κ1) is 9.25. The van der Waals surface area contributed by atoms with E-state index in [-0.39, 0.29) is 11.9 Å². The molecule has 1 saturated carbocycles. The Kier molecular flexibility index (Phi) is 2.28. The molecule has 1 aromatic carbocycles. The molecule has 2 atom stereocenters. The van der Waals surface area contributed by atoms with Crippen molar-refractivity contribution >= 4 is 5.97 Å². The summed E-state index contributed by atoms with van der Waals surface area (Å²) in [5.41, 5.74) is 2.51. The number of benzene rings is 1. The molecule has 0 radical (unpaired) electrons. The maximum absolute atomic E-state index is 11.2. The first-order valence-electron chi connectivity index (χ1n) is 4.87. The van der Waals surface area contributed by atoms with E-state index in [4.69, 9.17) is 4.74 Å². The fraction of sp³-hybridized carbons (Fsp3) is 0.417. The van der Waals surface area contributed by atoms with Crippen molar-refractivity contribution in [1.29, 1.82) is 0 Å². The van der Waals surface area contributed by atoms with E-state index < -0.39 is 0 Å². The number of methoxy groups -OCH3 is 1. The van der Waals surface area contributed by atoms with Crippen molar-refractivity contribution in [3.63, 3.8) is 0 Å². The van der Waals surface area contributed by atoms with Gasteiger partial charge in [0, 0.05) is 0 Å². The van der Waals surface area contributed by atoms with Crippen LogP contribution in [0.15, 0.2) is 24.3 Å². The lowest BCUT2D eigenvalue weighted by atomic mass is 10.1. The third-order valence-electron chi connectivity index (χ3n) is 2.76. The van der Waals surface area contributed by atoms with Crippen LogP contribution in [0.25, 0.3) is 0 Å². The standard InChI is InChI=1S/C12H14O2/c1-8-4-3-5-9(6-8)10-7-11(10)12(13)14-2/h3-6,10-11H,7H2,1-2H3/t10-,11+/m0/s1. The Morgan fingerprint density at radius 1 is 1.50 bits per heavy atom. The Morgan fingerprint density at radius 3 is 2.93 bits per heavy atom. The van der Waals surface area contributed by atoms with Crippen LogP contribution in [0.1, 0.15) is 23.5 Å². The molecular formula is C12H14O2. The van der Waals surface area contributed by atoms with Crippen molar-refractivity contribution in [2.24, 2.45) is 5.92 Å². The molecule has 0 saturated heterocycles. The van der Waals surface area contributed by atoms with Crippen LogP contribution in [0, 0.1) is 12.8 Å². The van der Waals surface area contributed by atoms with Gasteiger partial charge in [-0.25, -0.2) is 0 Å². The zero-order valence-electron chi connectivity index (χ0n) is 8.49. The van der Waals surface area contributed by atoms with Gasteiger partial charge in [-0.1, -0.05) is 29.8 Å². The van der Waals surface area contributed by atoms with Crippen molar-refractivity contribution in [2.45, 2.75) is 19.3 Å². The van der Waals surface area contributed by atoms with Gasteiger partial charge in [0.2, 0.25) is 0 Å². The zero-order chi connectivity index (χ0) is 10.1. The molecule has 0 N–H and O–H groups in total. The second-order valence-electron chi connectivity index (χ2n) is 3.89. The highest BCUT2D eigenvalue weighted by Crippen LogP contribution is 2.48. The minimum absolute atomic E-state index is 0.0727. The predicted molar refractivity (Wildman–Crippen MR) is 54.0 cm³/mol. The second kappa shape index (κ2) is 3.45. The maximum atomic E-state index is 11.2. The molecule has 2 heteroatoms. The van der Waals surface area contributed by atoms with Gasteiger partial charge in [0.05, 0.1) is 13.0 Å². The van der Waals surface area contributed by atoms with Crippen LogP contribution in [0.3, 0.4) is 0 Å². The van der Waals surface area contributed by atoms with Gasteiger partial charge in [-0.3, -0.25) is 4.79 Å². The van der Waals surface area contributed by atoms with Crippen LogP contribution < -0.4 is 0 Å². The SMILES string of the molecule is COC(=O)[C@@H]1C[C@H]1c1cccc(C)c1. The molecule has 0 unspecified atom stereocenters. The monoisotopic (exact) mass is 190 g/mol. The van der Waals surface area contributed by atoms with Crippen LogP contribution in [-0.2, 0) is 9.53 Å². The molecule has 2 rings (SSSR count). The summed E-state index contributed by atoms with van der Waals surface area (Å²) in [4.78, 5) is 11.2. The lowest BCUT2D eigenvalue weighted by Crippen LogP contribution is -2.03. The number of carbonyl (C=O) groups is 1. The minimum Gasteiger partial charge on any atom is -0.469 e. The highest BCUT2D eigenvalue weighted by Gasteiger charge is 2.44. The Balaban J connectivity index is 2.09. The third-order valence-corrected chi connectivity index (χ3v) is 2.76. The van der Waals surface area contributed by atoms with Gasteiger partial charge < -0.3 is 4.74 Å². The number of hydrogen-bond donors (Lipinski definition) is 0. The van der Waals surface area contributed by atoms with E-state index >= 15 is 0 Å². The summed E-state index contributed by atoms with van der Waals surface area (Å²) in [6.45, 7) is 2.07. The molecule has 0 bridgehead atoms. The summed E-state index contributed by atoms with van der Waals surface area (Å²) in [7, 11) is 1.45. The lowest BCUT2D eigenvalue weighted by Gasteiger charge is -2.00. The van der Waals surface area contributed by atoms with Crippen molar-refractivity contribution in [3.8, 4) is 0 Å². The van der Waals surface area contributed by atoms with E-state index in [2.05, 4.69) is 25.1 Å². The fourth-order valence-corrected chi connectivity index (χ4v) is 1.88. The van der Waals surface area contributed by atoms with E-state index in [0.717, 1.165) is 6.42 Å². The summed E-state index contributed by atoms with van der Waals surface area (Å²) in [5, 5.41) is 0. The van der Waals surface area contributed by atoms with Gasteiger partial charge in [0.25, 0.3) is 0 Å². The number of rotatable bonds is 2. The second-order valence-corrected chi connectivity index (χ2v) is 3.89. The van der Waals surface area contributed by atoms with Gasteiger partial charge in [0.15, 0.2) is 0 Å². The third kappa shape index (κ3) is 1.65. The summed E-state index contributed by atoms with van der Waals surface area (Å²) in [6.07, 6.45) is 0.941. The Labute approximate surface area is 83.9 Å². The topological polar surface area (TPSA) is 26.3 Å². The van der Waals surface area contributed by atoms with E-state index in [9.17, 15) is 4.79 Å². The van der Waals surface area contributed by atoms with Crippen molar-refractivity contribution in [1.82, 2.24) is 0 Å². The summed E-state index contributed by atoms with van der Waals surface area (Å²) in [5.74, 6) is 0.417. The first-order valence-corrected chi connectivity index (χ1v) is 4.87. The number of ether oxygens (including phenoxy) is 1.